The molecular formula is C16H21FN2O2. The third kappa shape index (κ3) is 2.80. The van der Waals surface area contributed by atoms with E-state index in [2.05, 4.69) is 5.32 Å². The Bertz CT molecular complexity index is 547. The molecule has 0 bridgehead atoms. The Morgan fingerprint density at radius 2 is 2.14 bits per heavy atom. The third-order valence-electron chi connectivity index (χ3n) is 4.28. The summed E-state index contributed by atoms with van der Waals surface area (Å²) in [4.78, 5) is 14.1. The summed E-state index contributed by atoms with van der Waals surface area (Å²) in [6.07, 6.45) is 1.19. The van der Waals surface area contributed by atoms with E-state index in [0.717, 1.165) is 12.8 Å². The highest BCUT2D eigenvalue weighted by atomic mass is 19.1. The molecule has 1 aromatic carbocycles. The predicted octanol–water partition coefficient (Wildman–Crippen LogP) is 2.21. The van der Waals surface area contributed by atoms with Crippen LogP contribution in [0.3, 0.4) is 0 Å². The van der Waals surface area contributed by atoms with Crippen LogP contribution in [-0.2, 0) is 9.53 Å². The van der Waals surface area contributed by atoms with E-state index < -0.39 is 0 Å². The zero-order valence-corrected chi connectivity index (χ0v) is 12.4. The van der Waals surface area contributed by atoms with Crippen LogP contribution >= 0.6 is 0 Å². The van der Waals surface area contributed by atoms with Gasteiger partial charge >= 0.3 is 0 Å². The third-order valence-corrected chi connectivity index (χ3v) is 4.28. The van der Waals surface area contributed by atoms with Crippen molar-refractivity contribution in [2.24, 2.45) is 0 Å². The van der Waals surface area contributed by atoms with Crippen molar-refractivity contribution < 1.29 is 13.9 Å². The fraction of sp³-hybridized carbons (Fsp3) is 0.562. The quantitative estimate of drug-likeness (QED) is 0.908. The van der Waals surface area contributed by atoms with Gasteiger partial charge in [0, 0.05) is 18.2 Å². The van der Waals surface area contributed by atoms with Crippen molar-refractivity contribution in [3.63, 3.8) is 0 Å². The minimum absolute atomic E-state index is 0.0333. The van der Waals surface area contributed by atoms with Crippen LogP contribution in [0.15, 0.2) is 24.3 Å². The maximum atomic E-state index is 14.1. The summed E-state index contributed by atoms with van der Waals surface area (Å²) in [7, 11) is 0. The average molecular weight is 292 g/mol. The summed E-state index contributed by atoms with van der Waals surface area (Å²) < 4.78 is 19.8. The molecule has 1 amide bonds. The van der Waals surface area contributed by atoms with E-state index in [9.17, 15) is 9.18 Å². The lowest BCUT2D eigenvalue weighted by atomic mass is 9.92. The molecule has 2 atom stereocenters. The number of nitrogens with zero attached hydrogens (tertiary/aromatic N) is 1. The summed E-state index contributed by atoms with van der Waals surface area (Å²) in [6, 6.07) is 6.72. The first kappa shape index (κ1) is 14.5. The number of carbonyl (C=O) groups is 1. The van der Waals surface area contributed by atoms with E-state index in [-0.39, 0.29) is 36.1 Å². The number of nitrogens with one attached hydrogen (secondary N) is 1. The van der Waals surface area contributed by atoms with Crippen molar-refractivity contribution in [1.82, 2.24) is 10.2 Å². The van der Waals surface area contributed by atoms with Gasteiger partial charge in [-0.3, -0.25) is 10.1 Å². The predicted molar refractivity (Wildman–Crippen MR) is 77.0 cm³/mol. The molecule has 1 N–H and O–H groups in total. The first-order valence-corrected chi connectivity index (χ1v) is 7.41. The molecule has 21 heavy (non-hydrogen) atoms. The summed E-state index contributed by atoms with van der Waals surface area (Å²) >= 11 is 0. The fourth-order valence-corrected chi connectivity index (χ4v) is 3.33. The molecule has 1 aromatic rings. The minimum atomic E-state index is -0.377. The van der Waals surface area contributed by atoms with Crippen molar-refractivity contribution in [3.05, 3.63) is 35.6 Å². The standard InChI is InChI=1S/C16H21FN2O2/c1-16(2)9-11(7-8-21-16)19-14(20)10-18-15(19)12-5-3-4-6-13(12)17/h3-6,11,15,18H,7-10H2,1-2H3. The van der Waals surface area contributed by atoms with Gasteiger partial charge in [0.15, 0.2) is 0 Å². The lowest BCUT2D eigenvalue weighted by molar-refractivity contribution is -0.137. The second kappa shape index (κ2) is 5.39. The molecule has 0 saturated carbocycles. The molecule has 2 fully saturated rings. The van der Waals surface area contributed by atoms with Crippen LogP contribution in [0.25, 0.3) is 0 Å². The second-order valence-electron chi connectivity index (χ2n) is 6.36. The molecule has 2 aliphatic heterocycles. The normalized spacial score (nSPS) is 28.9. The lowest BCUT2D eigenvalue weighted by Gasteiger charge is -2.41. The van der Waals surface area contributed by atoms with E-state index in [4.69, 9.17) is 4.74 Å². The van der Waals surface area contributed by atoms with E-state index in [1.165, 1.54) is 6.07 Å². The number of benzene rings is 1. The number of hydrogen-bond acceptors (Lipinski definition) is 3. The minimum Gasteiger partial charge on any atom is -0.375 e. The fourth-order valence-electron chi connectivity index (χ4n) is 3.33. The molecule has 2 heterocycles. The van der Waals surface area contributed by atoms with Crippen molar-refractivity contribution in [2.45, 2.75) is 44.5 Å². The zero-order valence-electron chi connectivity index (χ0n) is 12.4. The van der Waals surface area contributed by atoms with E-state index in [1.54, 1.807) is 18.2 Å². The van der Waals surface area contributed by atoms with E-state index in [0.29, 0.717) is 12.2 Å². The SMILES string of the molecule is CC1(C)CC(N2C(=O)CNC2c2ccccc2F)CCO1. The molecule has 5 heteroatoms. The topological polar surface area (TPSA) is 41.6 Å². The molecule has 0 radical (unpaired) electrons. The van der Waals surface area contributed by atoms with Gasteiger partial charge in [0.05, 0.1) is 12.1 Å². The molecule has 4 nitrogen and oxygen atoms in total. The van der Waals surface area contributed by atoms with Gasteiger partial charge in [-0.25, -0.2) is 4.39 Å². The largest absolute Gasteiger partial charge is 0.375 e. The molecule has 0 aliphatic carbocycles. The highest BCUT2D eigenvalue weighted by molar-refractivity contribution is 5.81. The summed E-state index contributed by atoms with van der Waals surface area (Å²) in [5.74, 6) is -0.244. The molecule has 0 aromatic heterocycles. The zero-order chi connectivity index (χ0) is 15.0. The van der Waals surface area contributed by atoms with Crippen LogP contribution in [0.5, 0.6) is 0 Å². The van der Waals surface area contributed by atoms with Crippen LogP contribution in [0, 0.1) is 5.82 Å². The number of rotatable bonds is 2. The highest BCUT2D eigenvalue weighted by Gasteiger charge is 2.41. The van der Waals surface area contributed by atoms with E-state index in [1.807, 2.05) is 18.7 Å². The van der Waals surface area contributed by atoms with Crippen molar-refractivity contribution >= 4 is 5.91 Å². The molecule has 114 valence electrons. The Balaban J connectivity index is 1.88. The second-order valence-corrected chi connectivity index (χ2v) is 6.36. The maximum absolute atomic E-state index is 14.1. The van der Waals surface area contributed by atoms with Crippen molar-refractivity contribution in [1.29, 1.82) is 0 Å². The lowest BCUT2D eigenvalue weighted by Crippen LogP contribution is -2.48. The van der Waals surface area contributed by atoms with Gasteiger partial charge in [-0.05, 0) is 32.8 Å². The first-order chi connectivity index (χ1) is 9.98. The summed E-state index contributed by atoms with van der Waals surface area (Å²) in [5, 5.41) is 3.13. The van der Waals surface area contributed by atoms with Gasteiger partial charge in [0.2, 0.25) is 5.91 Å². The number of hydrogen-bond donors (Lipinski definition) is 1. The van der Waals surface area contributed by atoms with Gasteiger partial charge in [0.1, 0.15) is 12.0 Å². The van der Waals surface area contributed by atoms with Gasteiger partial charge in [-0.1, -0.05) is 18.2 Å². The number of halogens is 1. The Kier molecular flexibility index (Phi) is 3.71. The van der Waals surface area contributed by atoms with Crippen LogP contribution in [0.1, 0.15) is 38.4 Å². The van der Waals surface area contributed by atoms with Gasteiger partial charge in [0.25, 0.3) is 0 Å². The van der Waals surface area contributed by atoms with Crippen LogP contribution in [-0.4, -0.2) is 35.6 Å². The number of ether oxygens (including phenoxy) is 1. The smallest absolute Gasteiger partial charge is 0.238 e. The van der Waals surface area contributed by atoms with Crippen LogP contribution in [0.2, 0.25) is 0 Å². The van der Waals surface area contributed by atoms with Gasteiger partial charge < -0.3 is 9.64 Å². The van der Waals surface area contributed by atoms with Crippen LogP contribution < -0.4 is 5.32 Å². The monoisotopic (exact) mass is 292 g/mol. The van der Waals surface area contributed by atoms with Crippen molar-refractivity contribution in [3.8, 4) is 0 Å². The molecule has 3 rings (SSSR count). The highest BCUT2D eigenvalue weighted by Crippen LogP contribution is 2.34. The molecular weight excluding hydrogens is 271 g/mol. The average Bonchev–Trinajstić information content (AvgIpc) is 2.80. The van der Waals surface area contributed by atoms with Gasteiger partial charge in [-0.2, -0.15) is 0 Å². The first-order valence-electron chi connectivity index (χ1n) is 7.41. The van der Waals surface area contributed by atoms with E-state index >= 15 is 0 Å². The van der Waals surface area contributed by atoms with Crippen LogP contribution in [0.4, 0.5) is 4.39 Å². The Morgan fingerprint density at radius 1 is 1.38 bits per heavy atom. The molecule has 2 unspecified atom stereocenters. The summed E-state index contributed by atoms with van der Waals surface area (Å²) in [6.45, 7) is 4.96. The number of carbonyl (C=O) groups excluding carboxylic acids is 1. The molecule has 2 saturated heterocycles. The van der Waals surface area contributed by atoms with Crippen molar-refractivity contribution in [2.75, 3.05) is 13.2 Å². The summed E-state index contributed by atoms with van der Waals surface area (Å²) in [5.41, 5.74) is 0.290. The molecule has 0 spiro atoms. The Morgan fingerprint density at radius 3 is 2.86 bits per heavy atom. The maximum Gasteiger partial charge on any atom is 0.238 e. The Hall–Kier alpha value is -1.46. The number of amides is 1. The Labute approximate surface area is 124 Å². The van der Waals surface area contributed by atoms with Gasteiger partial charge in [-0.15, -0.1) is 0 Å². The molecule has 2 aliphatic rings.